The Bertz CT molecular complexity index is 630. The quantitative estimate of drug-likeness (QED) is 0.724. The highest BCUT2D eigenvalue weighted by Crippen LogP contribution is 2.09. The number of hydrogen-bond donors (Lipinski definition) is 2. The second-order valence-corrected chi connectivity index (χ2v) is 3.85. The first kappa shape index (κ1) is 10.7. The molecule has 0 aliphatic carbocycles. The zero-order valence-electron chi connectivity index (χ0n) is 8.51. The van der Waals surface area contributed by atoms with E-state index >= 15 is 0 Å². The molecule has 0 spiro atoms. The van der Waals surface area contributed by atoms with E-state index in [0.29, 0.717) is 5.16 Å². The van der Waals surface area contributed by atoms with Crippen LogP contribution in [0.2, 0.25) is 0 Å². The lowest BCUT2D eigenvalue weighted by Crippen LogP contribution is -2.25. The molecule has 16 heavy (non-hydrogen) atoms. The lowest BCUT2D eigenvalue weighted by atomic mass is 10.2. The van der Waals surface area contributed by atoms with E-state index in [9.17, 15) is 9.59 Å². The fourth-order valence-corrected chi connectivity index (χ4v) is 1.69. The number of aromatic amines is 1. The smallest absolute Gasteiger partial charge is 0.343 e. The van der Waals surface area contributed by atoms with Crippen LogP contribution in [0.5, 0.6) is 0 Å². The number of carboxylic acids is 1. The van der Waals surface area contributed by atoms with Gasteiger partial charge in [-0.2, -0.15) is 9.50 Å². The number of H-pyrrole nitrogens is 1. The fraction of sp³-hybridized carbons (Fsp3) is 0.250. The fourth-order valence-electron chi connectivity index (χ4n) is 1.34. The predicted molar refractivity (Wildman–Crippen MR) is 57.1 cm³/mol. The van der Waals surface area contributed by atoms with Crippen LogP contribution in [-0.2, 0) is 0 Å². The Hall–Kier alpha value is -1.83. The van der Waals surface area contributed by atoms with Gasteiger partial charge >= 0.3 is 5.97 Å². The largest absolute Gasteiger partial charge is 0.477 e. The molecule has 0 aliphatic rings. The molecule has 2 aromatic heterocycles. The van der Waals surface area contributed by atoms with E-state index in [0.717, 1.165) is 4.52 Å². The maximum Gasteiger partial charge on any atom is 0.343 e. The summed E-state index contributed by atoms with van der Waals surface area (Å²) in [4.78, 5) is 30.6. The van der Waals surface area contributed by atoms with Crippen molar-refractivity contribution in [1.29, 1.82) is 0 Å². The lowest BCUT2D eigenvalue weighted by Gasteiger charge is -1.98. The average molecular weight is 240 g/mol. The Morgan fingerprint density at radius 3 is 2.75 bits per heavy atom. The van der Waals surface area contributed by atoms with Crippen LogP contribution in [0.1, 0.15) is 16.1 Å². The van der Waals surface area contributed by atoms with Gasteiger partial charge in [0.1, 0.15) is 5.56 Å². The van der Waals surface area contributed by atoms with Gasteiger partial charge in [-0.3, -0.25) is 9.89 Å². The summed E-state index contributed by atoms with van der Waals surface area (Å²) in [5.41, 5.74) is -0.826. The van der Waals surface area contributed by atoms with Gasteiger partial charge in [0.2, 0.25) is 0 Å². The highest BCUT2D eigenvalue weighted by molar-refractivity contribution is 7.98. The number of nitrogens with zero attached hydrogens (tertiary/aromatic N) is 3. The molecule has 0 aromatic carbocycles. The van der Waals surface area contributed by atoms with Crippen molar-refractivity contribution in [2.24, 2.45) is 0 Å². The van der Waals surface area contributed by atoms with Crippen LogP contribution in [0.4, 0.5) is 0 Å². The number of hydrogen-bond acceptors (Lipinski definition) is 5. The van der Waals surface area contributed by atoms with Crippen molar-refractivity contribution < 1.29 is 9.90 Å². The van der Waals surface area contributed by atoms with E-state index in [1.54, 1.807) is 6.26 Å². The SMILES string of the molecule is CSc1nc2nc(C)c(C(=O)O)c(=O)n2[nH]1. The van der Waals surface area contributed by atoms with E-state index in [2.05, 4.69) is 15.1 Å². The summed E-state index contributed by atoms with van der Waals surface area (Å²) < 4.78 is 1.03. The summed E-state index contributed by atoms with van der Waals surface area (Å²) in [6, 6.07) is 0. The van der Waals surface area contributed by atoms with Crippen LogP contribution < -0.4 is 5.56 Å². The first-order valence-corrected chi connectivity index (χ1v) is 5.53. The molecule has 7 nitrogen and oxygen atoms in total. The molecule has 2 N–H and O–H groups in total. The maximum absolute atomic E-state index is 11.8. The van der Waals surface area contributed by atoms with Crippen LogP contribution in [0.15, 0.2) is 9.95 Å². The minimum atomic E-state index is -1.29. The first-order valence-electron chi connectivity index (χ1n) is 4.31. The Morgan fingerprint density at radius 2 is 2.19 bits per heavy atom. The van der Waals surface area contributed by atoms with Gasteiger partial charge in [-0.15, -0.1) is 0 Å². The third kappa shape index (κ3) is 1.47. The van der Waals surface area contributed by atoms with Crippen LogP contribution in [0.3, 0.4) is 0 Å². The highest BCUT2D eigenvalue weighted by atomic mass is 32.2. The summed E-state index contributed by atoms with van der Waals surface area (Å²) in [5, 5.41) is 12.0. The Kier molecular flexibility index (Phi) is 2.43. The van der Waals surface area contributed by atoms with E-state index in [-0.39, 0.29) is 17.0 Å². The normalized spacial score (nSPS) is 10.9. The van der Waals surface area contributed by atoms with Crippen molar-refractivity contribution >= 4 is 23.5 Å². The number of carbonyl (C=O) groups is 1. The van der Waals surface area contributed by atoms with Gasteiger partial charge in [0, 0.05) is 0 Å². The molecule has 0 unspecified atom stereocenters. The average Bonchev–Trinajstić information content (AvgIpc) is 2.60. The standard InChI is InChI=1S/C8H8N4O3S/c1-3-4(6(14)15)5(13)12-7(9-3)10-8(11-12)16-2/h1-2H3,(H,14,15)(H,9,10,11). The van der Waals surface area contributed by atoms with E-state index in [4.69, 9.17) is 5.11 Å². The molecule has 0 fully saturated rings. The molecular formula is C8H8N4O3S. The van der Waals surface area contributed by atoms with Gasteiger partial charge in [-0.1, -0.05) is 11.8 Å². The molecule has 0 saturated heterocycles. The number of thioether (sulfide) groups is 1. The summed E-state index contributed by atoms with van der Waals surface area (Å²) in [6.07, 6.45) is 1.79. The molecule has 0 aliphatic heterocycles. The Labute approximate surface area is 93.5 Å². The lowest BCUT2D eigenvalue weighted by molar-refractivity contribution is 0.0693. The molecular weight excluding hydrogens is 232 g/mol. The number of aromatic carboxylic acids is 1. The topological polar surface area (TPSA) is 100 Å². The van der Waals surface area contributed by atoms with Crippen LogP contribution in [0, 0.1) is 6.92 Å². The van der Waals surface area contributed by atoms with Gasteiger partial charge in [0.15, 0.2) is 5.16 Å². The zero-order chi connectivity index (χ0) is 11.9. The number of aryl methyl sites for hydroxylation is 1. The molecule has 2 rings (SSSR count). The molecule has 8 heteroatoms. The second kappa shape index (κ2) is 3.63. The van der Waals surface area contributed by atoms with Crippen molar-refractivity contribution in [3.63, 3.8) is 0 Å². The predicted octanol–water partition coefficient (Wildman–Crippen LogP) is 0.146. The van der Waals surface area contributed by atoms with E-state index in [1.807, 2.05) is 0 Å². The number of rotatable bonds is 2. The molecule has 0 amide bonds. The maximum atomic E-state index is 11.8. The van der Waals surface area contributed by atoms with E-state index in [1.165, 1.54) is 18.7 Å². The highest BCUT2D eigenvalue weighted by Gasteiger charge is 2.18. The number of nitrogens with one attached hydrogen (secondary N) is 1. The minimum absolute atomic E-state index is 0.164. The van der Waals surface area contributed by atoms with Gasteiger partial charge in [-0.05, 0) is 13.2 Å². The zero-order valence-corrected chi connectivity index (χ0v) is 9.33. The van der Waals surface area contributed by atoms with Gasteiger partial charge < -0.3 is 5.11 Å². The molecule has 0 atom stereocenters. The second-order valence-electron chi connectivity index (χ2n) is 3.05. The number of carboxylic acid groups (broad SMARTS) is 1. The summed E-state index contributed by atoms with van der Waals surface area (Å²) in [5.74, 6) is -1.11. The van der Waals surface area contributed by atoms with Crippen LogP contribution >= 0.6 is 11.8 Å². The van der Waals surface area contributed by atoms with Crippen molar-refractivity contribution in [1.82, 2.24) is 19.6 Å². The van der Waals surface area contributed by atoms with Crippen molar-refractivity contribution in [2.75, 3.05) is 6.26 Å². The summed E-state index contributed by atoms with van der Waals surface area (Å²) in [6.45, 7) is 1.47. The molecule has 0 bridgehead atoms. The Morgan fingerprint density at radius 1 is 1.50 bits per heavy atom. The minimum Gasteiger partial charge on any atom is -0.477 e. The van der Waals surface area contributed by atoms with Gasteiger partial charge in [0.25, 0.3) is 11.3 Å². The molecule has 0 saturated carbocycles. The third-order valence-electron chi connectivity index (χ3n) is 2.06. The van der Waals surface area contributed by atoms with Crippen molar-refractivity contribution in [3.05, 3.63) is 21.6 Å². The number of aromatic nitrogens is 4. The van der Waals surface area contributed by atoms with Gasteiger partial charge in [-0.25, -0.2) is 9.78 Å². The van der Waals surface area contributed by atoms with E-state index < -0.39 is 11.5 Å². The van der Waals surface area contributed by atoms with Crippen molar-refractivity contribution in [3.8, 4) is 0 Å². The molecule has 2 heterocycles. The third-order valence-corrected chi connectivity index (χ3v) is 2.63. The van der Waals surface area contributed by atoms with Crippen LogP contribution in [-0.4, -0.2) is 36.9 Å². The summed E-state index contributed by atoms with van der Waals surface area (Å²) in [7, 11) is 0. The monoisotopic (exact) mass is 240 g/mol. The molecule has 0 radical (unpaired) electrons. The first-order chi connectivity index (χ1) is 7.54. The molecule has 2 aromatic rings. The number of fused-ring (bicyclic) bond motifs is 1. The van der Waals surface area contributed by atoms with Crippen LogP contribution in [0.25, 0.3) is 5.78 Å². The molecule has 84 valence electrons. The summed E-state index contributed by atoms with van der Waals surface area (Å²) >= 11 is 1.31. The Balaban J connectivity index is 2.87. The van der Waals surface area contributed by atoms with Gasteiger partial charge in [0.05, 0.1) is 5.69 Å². The van der Waals surface area contributed by atoms with Crippen molar-refractivity contribution in [2.45, 2.75) is 12.1 Å².